The van der Waals surface area contributed by atoms with Crippen LogP contribution in [0.15, 0.2) is 18.2 Å². The molecule has 4 aliphatic rings. The highest BCUT2D eigenvalue weighted by molar-refractivity contribution is 5.90. The summed E-state index contributed by atoms with van der Waals surface area (Å²) in [6.07, 6.45) is 7.72. The number of carboxylic acids is 1. The van der Waals surface area contributed by atoms with E-state index >= 15 is 0 Å². The lowest BCUT2D eigenvalue weighted by Gasteiger charge is -2.36. The lowest BCUT2D eigenvalue weighted by atomic mass is 9.77. The largest absolute Gasteiger partial charge is 0.496 e. The first-order valence-corrected chi connectivity index (χ1v) is 17.1. The molecular formula is C35H47N3O8. The summed E-state index contributed by atoms with van der Waals surface area (Å²) in [5.41, 5.74) is 1.62. The summed E-state index contributed by atoms with van der Waals surface area (Å²) in [6, 6.07) is 4.61. The number of nitrogens with zero attached hydrogens (tertiary/aromatic N) is 3. The molecule has 1 N–H and O–H groups in total. The van der Waals surface area contributed by atoms with Crippen molar-refractivity contribution in [3.05, 3.63) is 23.8 Å². The molecule has 0 spiro atoms. The number of benzene rings is 1. The predicted octanol–water partition coefficient (Wildman–Crippen LogP) is 4.62. The summed E-state index contributed by atoms with van der Waals surface area (Å²) < 4.78 is 24.4. The van der Waals surface area contributed by atoms with Crippen molar-refractivity contribution in [2.45, 2.75) is 95.8 Å². The van der Waals surface area contributed by atoms with E-state index in [1.165, 1.54) is 4.90 Å². The molecule has 1 aromatic carbocycles. The van der Waals surface area contributed by atoms with Crippen LogP contribution in [0.4, 0.5) is 0 Å². The zero-order chi connectivity index (χ0) is 32.2. The van der Waals surface area contributed by atoms with Gasteiger partial charge in [-0.2, -0.15) is 0 Å². The lowest BCUT2D eigenvalue weighted by Crippen LogP contribution is -2.48. The Morgan fingerprint density at radius 2 is 1.87 bits per heavy atom. The van der Waals surface area contributed by atoms with Crippen molar-refractivity contribution in [3.63, 3.8) is 0 Å². The van der Waals surface area contributed by atoms with Crippen LogP contribution in [0.1, 0.15) is 76.7 Å². The molecule has 0 unspecified atom stereocenters. The zero-order valence-corrected chi connectivity index (χ0v) is 27.1. The van der Waals surface area contributed by atoms with Gasteiger partial charge < -0.3 is 33.9 Å². The first-order valence-electron chi connectivity index (χ1n) is 17.1. The summed E-state index contributed by atoms with van der Waals surface area (Å²) in [5, 5.41) is 11.1. The first-order chi connectivity index (χ1) is 22.3. The maximum absolute atomic E-state index is 14.4. The van der Waals surface area contributed by atoms with Crippen LogP contribution in [0.25, 0.3) is 10.9 Å². The second kappa shape index (κ2) is 14.4. The molecule has 2 saturated heterocycles. The standard InChI is InChI=1S/C35H47N3O8/c1-3-44-32-19-31-27-15-23(30(43-2)18-28(27)36-32)11-8-14-45-24-12-7-13-37(20-24)33(39)17-26(22-9-5-4-6-10-22)34(40)38-21-25(46-31)16-29(38)35(41)42/h15,18-19,22,24-26,29H,3-14,16-17,20-21H2,1-2H3,(H,41,42)/t24-,25+,26-,29-/m0/s1. The normalized spacial score (nSPS) is 26.7. The van der Waals surface area contributed by atoms with Gasteiger partial charge in [-0.1, -0.05) is 19.3 Å². The molecule has 1 aromatic heterocycles. The van der Waals surface area contributed by atoms with Crippen molar-refractivity contribution >= 4 is 28.7 Å². The van der Waals surface area contributed by atoms with Crippen LogP contribution in [-0.4, -0.2) is 95.9 Å². The quantitative estimate of drug-likeness (QED) is 0.500. The number of carbonyl (C=O) groups excluding carboxylic acids is 2. The third kappa shape index (κ3) is 7.04. The van der Waals surface area contributed by atoms with Crippen LogP contribution < -0.4 is 14.2 Å². The Morgan fingerprint density at radius 3 is 2.63 bits per heavy atom. The van der Waals surface area contributed by atoms with Crippen LogP contribution in [-0.2, 0) is 25.5 Å². The Labute approximate surface area is 270 Å². The molecule has 46 heavy (non-hydrogen) atoms. The number of rotatable bonds is 5. The number of methoxy groups -OCH3 is 1. The Kier molecular flexibility index (Phi) is 10.2. The van der Waals surface area contributed by atoms with Gasteiger partial charge in [-0.15, -0.1) is 0 Å². The number of carbonyl (C=O) groups is 3. The third-order valence-corrected chi connectivity index (χ3v) is 10.2. The maximum atomic E-state index is 14.4. The van der Waals surface area contributed by atoms with Gasteiger partial charge in [0.2, 0.25) is 17.7 Å². The Bertz CT molecular complexity index is 1430. The van der Waals surface area contributed by atoms with Gasteiger partial charge in [0, 0.05) is 56.0 Å². The number of hydrogen-bond donors (Lipinski definition) is 1. The molecule has 2 aromatic rings. The van der Waals surface area contributed by atoms with Crippen molar-refractivity contribution in [1.29, 1.82) is 0 Å². The van der Waals surface area contributed by atoms with E-state index < -0.39 is 24.0 Å². The van der Waals surface area contributed by atoms with Crippen molar-refractivity contribution in [2.75, 3.05) is 40.0 Å². The predicted molar refractivity (Wildman–Crippen MR) is 170 cm³/mol. The number of fused-ring (bicyclic) bond motifs is 5. The Hall–Kier alpha value is -3.60. The van der Waals surface area contributed by atoms with Crippen LogP contribution in [0, 0.1) is 11.8 Å². The van der Waals surface area contributed by atoms with Gasteiger partial charge in [0.15, 0.2) is 0 Å². The van der Waals surface area contributed by atoms with E-state index in [2.05, 4.69) is 4.98 Å². The number of aryl methyl sites for hydroxylation is 1. The Balaban J connectivity index is 1.38. The van der Waals surface area contributed by atoms with Crippen LogP contribution in [0.2, 0.25) is 0 Å². The number of aromatic nitrogens is 1. The molecule has 3 fully saturated rings. The van der Waals surface area contributed by atoms with Gasteiger partial charge in [0.05, 0.1) is 31.9 Å². The van der Waals surface area contributed by atoms with E-state index in [9.17, 15) is 19.5 Å². The van der Waals surface area contributed by atoms with E-state index in [-0.39, 0.29) is 43.2 Å². The number of pyridine rings is 1. The van der Waals surface area contributed by atoms with Gasteiger partial charge >= 0.3 is 5.97 Å². The highest BCUT2D eigenvalue weighted by Gasteiger charge is 2.45. The molecule has 3 aliphatic heterocycles. The van der Waals surface area contributed by atoms with Gasteiger partial charge in [-0.05, 0) is 63.0 Å². The number of piperidine rings is 1. The molecule has 4 atom stereocenters. The molecule has 250 valence electrons. The average Bonchev–Trinajstić information content (AvgIpc) is 3.49. The number of hydrogen-bond acceptors (Lipinski definition) is 8. The highest BCUT2D eigenvalue weighted by atomic mass is 16.5. The molecule has 11 nitrogen and oxygen atoms in total. The van der Waals surface area contributed by atoms with E-state index in [1.54, 1.807) is 13.2 Å². The minimum Gasteiger partial charge on any atom is -0.496 e. The molecule has 6 rings (SSSR count). The van der Waals surface area contributed by atoms with Gasteiger partial charge in [-0.3, -0.25) is 9.59 Å². The number of amides is 2. The number of carboxylic acid groups (broad SMARTS) is 1. The van der Waals surface area contributed by atoms with Gasteiger partial charge in [-0.25, -0.2) is 9.78 Å². The first kappa shape index (κ1) is 32.3. The monoisotopic (exact) mass is 637 g/mol. The average molecular weight is 638 g/mol. The summed E-state index contributed by atoms with van der Waals surface area (Å²) in [4.78, 5) is 48.8. The number of ether oxygens (including phenoxy) is 4. The van der Waals surface area contributed by atoms with Gasteiger partial charge in [0.25, 0.3) is 0 Å². The van der Waals surface area contributed by atoms with Crippen molar-refractivity contribution in [3.8, 4) is 17.4 Å². The molecule has 1 aliphatic carbocycles. The van der Waals surface area contributed by atoms with E-state index in [0.29, 0.717) is 55.6 Å². The minimum atomic E-state index is -1.06. The smallest absolute Gasteiger partial charge is 0.326 e. The minimum absolute atomic E-state index is 0.0441. The van der Waals surface area contributed by atoms with Crippen molar-refractivity contribution < 1.29 is 38.4 Å². The molecule has 6 bridgehead atoms. The third-order valence-electron chi connectivity index (χ3n) is 10.2. The van der Waals surface area contributed by atoms with Crippen molar-refractivity contribution in [2.24, 2.45) is 11.8 Å². The second-order valence-electron chi connectivity index (χ2n) is 13.2. The summed E-state index contributed by atoms with van der Waals surface area (Å²) >= 11 is 0. The van der Waals surface area contributed by atoms with Crippen LogP contribution >= 0.6 is 0 Å². The number of aliphatic carboxylic acids is 1. The maximum Gasteiger partial charge on any atom is 0.326 e. The van der Waals surface area contributed by atoms with Crippen LogP contribution in [0.3, 0.4) is 0 Å². The molecule has 11 heteroatoms. The molecule has 4 heterocycles. The van der Waals surface area contributed by atoms with E-state index in [1.807, 2.05) is 24.0 Å². The molecule has 0 radical (unpaired) electrons. The second-order valence-corrected chi connectivity index (χ2v) is 13.2. The van der Waals surface area contributed by atoms with Crippen LogP contribution in [0.5, 0.6) is 17.4 Å². The molecule has 1 saturated carbocycles. The lowest BCUT2D eigenvalue weighted by molar-refractivity contribution is -0.152. The fourth-order valence-corrected chi connectivity index (χ4v) is 7.83. The SMILES string of the molecule is CCOc1cc2c3cc(c(OC)cc3n1)CCCO[C@H]1CCCN(C1)C(=O)C[C@@H](C1CCCCC1)C(=O)N1C[C@@H](C[C@H]1C(=O)O)O2. The topological polar surface area (TPSA) is 128 Å². The molecular weight excluding hydrogens is 590 g/mol. The summed E-state index contributed by atoms with van der Waals surface area (Å²) in [7, 11) is 1.64. The summed E-state index contributed by atoms with van der Waals surface area (Å²) in [6.45, 7) is 4.14. The fraction of sp³-hybridized carbons (Fsp3) is 0.657. The molecule has 2 amide bonds. The zero-order valence-electron chi connectivity index (χ0n) is 27.1. The Morgan fingerprint density at radius 1 is 1.04 bits per heavy atom. The van der Waals surface area contributed by atoms with E-state index in [0.717, 1.165) is 62.3 Å². The fourth-order valence-electron chi connectivity index (χ4n) is 7.83. The van der Waals surface area contributed by atoms with Crippen molar-refractivity contribution in [1.82, 2.24) is 14.8 Å². The highest BCUT2D eigenvalue weighted by Crippen LogP contribution is 2.38. The summed E-state index contributed by atoms with van der Waals surface area (Å²) in [5.74, 6) is -0.236. The van der Waals surface area contributed by atoms with Gasteiger partial charge in [0.1, 0.15) is 23.6 Å². The van der Waals surface area contributed by atoms with E-state index in [4.69, 9.17) is 18.9 Å².